The normalized spacial score (nSPS) is 21.0. The average Bonchev–Trinajstić information content (AvgIpc) is 2.53. The Kier molecular flexibility index (Phi) is 5.44. The lowest BCUT2D eigenvalue weighted by molar-refractivity contribution is 0.0575. The fourth-order valence-corrected chi connectivity index (χ4v) is 3.28. The molecule has 1 aliphatic rings. The molecule has 1 aromatic heterocycles. The molecule has 3 rings (SSSR count). The van der Waals surface area contributed by atoms with Crippen LogP contribution in [0.1, 0.15) is 30.1 Å². The van der Waals surface area contributed by atoms with E-state index in [1.807, 2.05) is 29.2 Å². The molecule has 1 aromatic carbocycles. The molecule has 1 fully saturated rings. The van der Waals surface area contributed by atoms with Crippen LogP contribution in [0.3, 0.4) is 0 Å². The van der Waals surface area contributed by atoms with E-state index in [1.165, 1.54) is 6.07 Å². The Morgan fingerprint density at radius 2 is 2.13 bits per heavy atom. The summed E-state index contributed by atoms with van der Waals surface area (Å²) in [5.74, 6) is 0.484. The summed E-state index contributed by atoms with van der Waals surface area (Å²) in [6, 6.07) is 8.84. The van der Waals surface area contributed by atoms with Crippen molar-refractivity contribution in [2.45, 2.75) is 25.8 Å². The third-order valence-corrected chi connectivity index (χ3v) is 4.49. The summed E-state index contributed by atoms with van der Waals surface area (Å²) in [4.78, 5) is 29.4. The minimum atomic E-state index is -0.253. The summed E-state index contributed by atoms with van der Waals surface area (Å²) in [6.45, 7) is 3.34. The zero-order valence-electron chi connectivity index (χ0n) is 13.1. The Morgan fingerprint density at radius 3 is 2.87 bits per heavy atom. The van der Waals surface area contributed by atoms with Gasteiger partial charge in [0.25, 0.3) is 5.91 Å². The van der Waals surface area contributed by atoms with E-state index in [9.17, 15) is 9.59 Å². The molecule has 6 heteroatoms. The minimum Gasteiger partial charge on any atom is -0.334 e. The summed E-state index contributed by atoms with van der Waals surface area (Å²) in [5.41, 5.74) is 6.75. The number of piperidine rings is 1. The summed E-state index contributed by atoms with van der Waals surface area (Å²) < 4.78 is 0. The van der Waals surface area contributed by atoms with E-state index >= 15 is 0 Å². The fraction of sp³-hybridized carbons (Fsp3) is 0.412. The van der Waals surface area contributed by atoms with E-state index in [1.54, 1.807) is 0 Å². The van der Waals surface area contributed by atoms with Crippen LogP contribution in [-0.2, 0) is 0 Å². The molecule has 124 valence electrons. The third-order valence-electron chi connectivity index (χ3n) is 4.49. The maximum Gasteiger partial charge on any atom is 0.255 e. The second kappa shape index (κ2) is 7.15. The number of aromatic nitrogens is 1. The standard InChI is InChI=1S/C17H21N3O2.ClH/c1-11-6-7-20(12(8-11)10-18)17(22)14-9-16(21)19-15-5-3-2-4-13(14)15;/h2-5,9,11-12H,6-8,10,18H2,1H3,(H,19,21);1H. The van der Waals surface area contributed by atoms with Crippen molar-refractivity contribution in [3.8, 4) is 0 Å². The van der Waals surface area contributed by atoms with Gasteiger partial charge in [0.1, 0.15) is 0 Å². The lowest BCUT2D eigenvalue weighted by Crippen LogP contribution is -2.49. The Balaban J connectivity index is 0.00000192. The van der Waals surface area contributed by atoms with Gasteiger partial charge >= 0.3 is 0 Å². The van der Waals surface area contributed by atoms with Gasteiger partial charge in [0.15, 0.2) is 0 Å². The maximum atomic E-state index is 13.0. The molecule has 23 heavy (non-hydrogen) atoms. The van der Waals surface area contributed by atoms with Crippen LogP contribution in [0.4, 0.5) is 0 Å². The Morgan fingerprint density at radius 1 is 1.39 bits per heavy atom. The van der Waals surface area contributed by atoms with Gasteiger partial charge in [-0.25, -0.2) is 0 Å². The highest BCUT2D eigenvalue weighted by Crippen LogP contribution is 2.25. The predicted octanol–water partition coefficient (Wildman–Crippen LogP) is 2.15. The smallest absolute Gasteiger partial charge is 0.255 e. The number of likely N-dealkylation sites (tertiary alicyclic amines) is 1. The van der Waals surface area contributed by atoms with Gasteiger partial charge in [0.2, 0.25) is 5.56 Å². The molecule has 0 spiro atoms. The van der Waals surface area contributed by atoms with Crippen molar-refractivity contribution < 1.29 is 4.79 Å². The molecule has 5 nitrogen and oxygen atoms in total. The van der Waals surface area contributed by atoms with E-state index in [0.29, 0.717) is 30.1 Å². The largest absolute Gasteiger partial charge is 0.334 e. The van der Waals surface area contributed by atoms with E-state index in [2.05, 4.69) is 11.9 Å². The van der Waals surface area contributed by atoms with Crippen LogP contribution in [-0.4, -0.2) is 34.9 Å². The molecule has 1 amide bonds. The zero-order valence-corrected chi connectivity index (χ0v) is 13.9. The number of benzene rings is 1. The third kappa shape index (κ3) is 3.41. The lowest BCUT2D eigenvalue weighted by Gasteiger charge is -2.38. The molecule has 0 saturated carbocycles. The second-order valence-electron chi connectivity index (χ2n) is 6.11. The number of nitrogens with zero attached hydrogens (tertiary/aromatic N) is 1. The van der Waals surface area contributed by atoms with Crippen molar-refractivity contribution in [2.24, 2.45) is 11.7 Å². The van der Waals surface area contributed by atoms with E-state index in [-0.39, 0.29) is 29.9 Å². The molecular formula is C17H22ClN3O2. The van der Waals surface area contributed by atoms with Crippen molar-refractivity contribution in [3.05, 3.63) is 46.2 Å². The molecule has 0 bridgehead atoms. The van der Waals surface area contributed by atoms with Crippen molar-refractivity contribution in [2.75, 3.05) is 13.1 Å². The van der Waals surface area contributed by atoms with Gasteiger partial charge in [0, 0.05) is 36.1 Å². The zero-order chi connectivity index (χ0) is 15.7. The van der Waals surface area contributed by atoms with Crippen LogP contribution in [0.25, 0.3) is 10.9 Å². The molecule has 3 N–H and O–H groups in total. The van der Waals surface area contributed by atoms with E-state index in [0.717, 1.165) is 18.2 Å². The summed E-state index contributed by atoms with van der Waals surface area (Å²) >= 11 is 0. The predicted molar refractivity (Wildman–Crippen MR) is 94.1 cm³/mol. The second-order valence-corrected chi connectivity index (χ2v) is 6.11. The van der Waals surface area contributed by atoms with Gasteiger partial charge in [-0.15, -0.1) is 12.4 Å². The number of carbonyl (C=O) groups is 1. The number of nitrogens with one attached hydrogen (secondary N) is 1. The first kappa shape index (κ1) is 17.5. The maximum absolute atomic E-state index is 13.0. The highest BCUT2D eigenvalue weighted by Gasteiger charge is 2.30. The van der Waals surface area contributed by atoms with E-state index < -0.39 is 0 Å². The first-order chi connectivity index (χ1) is 10.6. The number of hydrogen-bond acceptors (Lipinski definition) is 3. The van der Waals surface area contributed by atoms with Crippen molar-refractivity contribution in [1.82, 2.24) is 9.88 Å². The molecule has 1 aliphatic heterocycles. The number of H-pyrrole nitrogens is 1. The summed E-state index contributed by atoms with van der Waals surface area (Å²) in [6.07, 6.45) is 1.90. The number of nitrogens with two attached hydrogens (primary N) is 1. The van der Waals surface area contributed by atoms with Crippen molar-refractivity contribution >= 4 is 29.2 Å². The number of carbonyl (C=O) groups excluding carboxylic acids is 1. The molecule has 2 atom stereocenters. The number of pyridine rings is 1. The molecule has 2 heterocycles. The fourth-order valence-electron chi connectivity index (χ4n) is 3.28. The van der Waals surface area contributed by atoms with Crippen LogP contribution in [0.15, 0.2) is 35.1 Å². The van der Waals surface area contributed by atoms with Crippen LogP contribution in [0.2, 0.25) is 0 Å². The van der Waals surface area contributed by atoms with Crippen molar-refractivity contribution in [1.29, 1.82) is 0 Å². The molecule has 2 unspecified atom stereocenters. The number of fused-ring (bicyclic) bond motifs is 1. The summed E-state index contributed by atoms with van der Waals surface area (Å²) in [5, 5.41) is 0.779. The number of rotatable bonds is 2. The van der Waals surface area contributed by atoms with Gasteiger partial charge in [0.05, 0.1) is 5.56 Å². The molecule has 1 saturated heterocycles. The number of para-hydroxylation sites is 1. The lowest BCUT2D eigenvalue weighted by atomic mass is 9.91. The monoisotopic (exact) mass is 335 g/mol. The number of halogens is 1. The Bertz CT molecular complexity index is 759. The van der Waals surface area contributed by atoms with Gasteiger partial charge in [-0.1, -0.05) is 25.1 Å². The topological polar surface area (TPSA) is 79.2 Å². The quantitative estimate of drug-likeness (QED) is 0.882. The highest BCUT2D eigenvalue weighted by atomic mass is 35.5. The SMILES string of the molecule is CC1CCN(C(=O)c2cc(=O)[nH]c3ccccc23)C(CN)C1.Cl. The van der Waals surface area contributed by atoms with Crippen LogP contribution in [0, 0.1) is 5.92 Å². The first-order valence-electron chi connectivity index (χ1n) is 7.73. The highest BCUT2D eigenvalue weighted by molar-refractivity contribution is 6.06. The number of aromatic amines is 1. The molecule has 2 aromatic rings. The molecular weight excluding hydrogens is 314 g/mol. The summed E-state index contributed by atoms with van der Waals surface area (Å²) in [7, 11) is 0. The van der Waals surface area contributed by atoms with Crippen LogP contribution >= 0.6 is 12.4 Å². The Labute approximate surface area is 141 Å². The van der Waals surface area contributed by atoms with Gasteiger partial charge in [-0.05, 0) is 24.8 Å². The average molecular weight is 336 g/mol. The molecule has 0 radical (unpaired) electrons. The van der Waals surface area contributed by atoms with E-state index in [4.69, 9.17) is 5.73 Å². The number of amides is 1. The van der Waals surface area contributed by atoms with Crippen molar-refractivity contribution in [3.63, 3.8) is 0 Å². The first-order valence-corrected chi connectivity index (χ1v) is 7.73. The number of hydrogen-bond donors (Lipinski definition) is 2. The van der Waals surface area contributed by atoms with Gasteiger partial charge < -0.3 is 15.6 Å². The van der Waals surface area contributed by atoms with Crippen LogP contribution < -0.4 is 11.3 Å². The Hall–Kier alpha value is -1.85. The molecule has 0 aliphatic carbocycles. The van der Waals surface area contributed by atoms with Gasteiger partial charge in [-0.3, -0.25) is 9.59 Å². The van der Waals surface area contributed by atoms with Gasteiger partial charge in [-0.2, -0.15) is 0 Å². The van der Waals surface area contributed by atoms with Crippen LogP contribution in [0.5, 0.6) is 0 Å². The minimum absolute atomic E-state index is 0.